The molecule has 0 radical (unpaired) electrons. The lowest BCUT2D eigenvalue weighted by Crippen LogP contribution is -2.13. The molecule has 1 aliphatic carbocycles. The van der Waals surface area contributed by atoms with Crippen LogP contribution in [-0.2, 0) is 0 Å². The maximum absolute atomic E-state index is 4.52. The van der Waals surface area contributed by atoms with Gasteiger partial charge in [0.05, 0.1) is 0 Å². The topological polar surface area (TPSA) is 37.8 Å². The van der Waals surface area contributed by atoms with E-state index in [1.165, 1.54) is 43.0 Å². The average Bonchev–Trinajstić information content (AvgIpc) is 2.82. The largest absolute Gasteiger partial charge is 0.359 e. The Labute approximate surface area is 98.2 Å². The van der Waals surface area contributed by atoms with Crippen molar-refractivity contribution in [3.8, 4) is 0 Å². The van der Waals surface area contributed by atoms with Crippen LogP contribution in [0.4, 0.5) is 5.13 Å². The van der Waals surface area contributed by atoms with Crippen LogP contribution in [0.25, 0.3) is 0 Å². The fourth-order valence-electron chi connectivity index (χ4n) is 1.82. The minimum atomic E-state index is 0.678. The zero-order valence-corrected chi connectivity index (χ0v) is 10.2. The minimum absolute atomic E-state index is 0.678. The molecule has 3 rings (SSSR count). The van der Waals surface area contributed by atoms with Crippen LogP contribution < -0.4 is 5.32 Å². The van der Waals surface area contributed by atoms with Crippen LogP contribution in [0, 0.1) is 0 Å². The van der Waals surface area contributed by atoms with Gasteiger partial charge in [0.25, 0.3) is 0 Å². The van der Waals surface area contributed by atoms with Crippen molar-refractivity contribution in [3.05, 3.63) is 5.82 Å². The first-order valence-electron chi connectivity index (χ1n) is 5.61. The highest BCUT2D eigenvalue weighted by atomic mass is 32.2. The van der Waals surface area contributed by atoms with Gasteiger partial charge in [0, 0.05) is 29.2 Å². The lowest BCUT2D eigenvalue weighted by Gasteiger charge is -2.07. The van der Waals surface area contributed by atoms with Crippen molar-refractivity contribution in [1.29, 1.82) is 0 Å². The quantitative estimate of drug-likeness (QED) is 0.879. The summed E-state index contributed by atoms with van der Waals surface area (Å²) in [6.07, 6.45) is 5.30. The summed E-state index contributed by atoms with van der Waals surface area (Å²) in [5, 5.41) is 5.22. The first-order chi connectivity index (χ1) is 7.42. The number of aromatic nitrogens is 2. The van der Waals surface area contributed by atoms with Gasteiger partial charge < -0.3 is 5.32 Å². The molecule has 0 bridgehead atoms. The predicted octanol–water partition coefficient (Wildman–Crippen LogP) is 2.72. The summed E-state index contributed by atoms with van der Waals surface area (Å²) in [7, 11) is 0. The average molecular weight is 241 g/mol. The molecule has 1 atom stereocenters. The molecule has 1 aromatic rings. The first kappa shape index (κ1) is 9.90. The van der Waals surface area contributed by atoms with E-state index in [-0.39, 0.29) is 0 Å². The van der Waals surface area contributed by atoms with E-state index in [0.29, 0.717) is 5.92 Å². The molecule has 82 valence electrons. The molecule has 3 nitrogen and oxygen atoms in total. The third-order valence-corrected chi connectivity index (χ3v) is 4.97. The van der Waals surface area contributed by atoms with Crippen molar-refractivity contribution >= 4 is 28.4 Å². The highest BCUT2D eigenvalue weighted by Gasteiger charge is 2.27. The van der Waals surface area contributed by atoms with Crippen molar-refractivity contribution in [2.45, 2.75) is 36.9 Å². The number of rotatable bonds is 4. The van der Waals surface area contributed by atoms with Gasteiger partial charge in [-0.05, 0) is 31.4 Å². The Morgan fingerprint density at radius 3 is 3.00 bits per heavy atom. The smallest absolute Gasteiger partial charge is 0.202 e. The molecule has 1 saturated heterocycles. The van der Waals surface area contributed by atoms with Gasteiger partial charge in [-0.25, -0.2) is 4.98 Å². The fourth-order valence-corrected chi connectivity index (χ4v) is 3.67. The molecule has 1 unspecified atom stereocenters. The molecule has 0 aromatic carbocycles. The molecule has 5 heteroatoms. The van der Waals surface area contributed by atoms with Crippen LogP contribution in [0.1, 0.15) is 37.4 Å². The Balaban J connectivity index is 1.52. The van der Waals surface area contributed by atoms with Crippen LogP contribution in [-0.4, -0.2) is 26.9 Å². The van der Waals surface area contributed by atoms with Crippen molar-refractivity contribution in [1.82, 2.24) is 9.36 Å². The van der Waals surface area contributed by atoms with Gasteiger partial charge in [0.15, 0.2) is 0 Å². The standard InChI is InChI=1S/C10H15N3S2/c1-2-8(14-5-1)6-11-10-12-9(13-15-10)7-3-4-7/h7-8H,1-6H2,(H,11,12,13). The Hall–Kier alpha value is -0.290. The third kappa shape index (κ3) is 2.45. The Bertz CT molecular complexity index is 329. The van der Waals surface area contributed by atoms with Crippen LogP contribution >= 0.6 is 23.3 Å². The van der Waals surface area contributed by atoms with E-state index in [9.17, 15) is 0 Å². The van der Waals surface area contributed by atoms with Crippen LogP contribution in [0.5, 0.6) is 0 Å². The second-order valence-corrected chi connectivity index (χ2v) is 6.41. The summed E-state index contributed by atoms with van der Waals surface area (Å²) in [4.78, 5) is 4.52. The number of nitrogens with zero attached hydrogens (tertiary/aromatic N) is 2. The lowest BCUT2D eigenvalue weighted by atomic mass is 10.2. The predicted molar refractivity (Wildman–Crippen MR) is 65.9 cm³/mol. The van der Waals surface area contributed by atoms with Gasteiger partial charge >= 0.3 is 0 Å². The molecule has 2 heterocycles. The number of thioether (sulfide) groups is 1. The Kier molecular flexibility index (Phi) is 2.83. The maximum Gasteiger partial charge on any atom is 0.202 e. The summed E-state index contributed by atoms with van der Waals surface area (Å²) in [6.45, 7) is 1.06. The molecule has 15 heavy (non-hydrogen) atoms. The number of anilines is 1. The van der Waals surface area contributed by atoms with E-state index < -0.39 is 0 Å². The van der Waals surface area contributed by atoms with Crippen molar-refractivity contribution in [3.63, 3.8) is 0 Å². The molecule has 1 aliphatic heterocycles. The van der Waals surface area contributed by atoms with Gasteiger partial charge in [-0.15, -0.1) is 0 Å². The molecule has 2 aliphatic rings. The summed E-state index contributed by atoms with van der Waals surface area (Å²) in [5.41, 5.74) is 0. The molecular formula is C10H15N3S2. The monoisotopic (exact) mass is 241 g/mol. The van der Waals surface area contributed by atoms with Gasteiger partial charge in [-0.1, -0.05) is 0 Å². The fraction of sp³-hybridized carbons (Fsp3) is 0.800. The summed E-state index contributed by atoms with van der Waals surface area (Å²) in [6, 6.07) is 0. The second-order valence-electron chi connectivity index (χ2n) is 4.25. The zero-order chi connectivity index (χ0) is 10.1. The molecular weight excluding hydrogens is 226 g/mol. The highest BCUT2D eigenvalue weighted by molar-refractivity contribution is 8.00. The van der Waals surface area contributed by atoms with Crippen molar-refractivity contribution < 1.29 is 0 Å². The van der Waals surface area contributed by atoms with Gasteiger partial charge in [0.1, 0.15) is 5.82 Å². The normalized spacial score (nSPS) is 25.7. The molecule has 0 amide bonds. The summed E-state index contributed by atoms with van der Waals surface area (Å²) < 4.78 is 4.38. The summed E-state index contributed by atoms with van der Waals surface area (Å²) in [5.74, 6) is 3.08. The van der Waals surface area contributed by atoms with Crippen LogP contribution in [0.15, 0.2) is 0 Å². The van der Waals surface area contributed by atoms with E-state index >= 15 is 0 Å². The third-order valence-electron chi connectivity index (χ3n) is 2.89. The molecule has 0 spiro atoms. The molecule has 1 aromatic heterocycles. The van der Waals surface area contributed by atoms with E-state index in [2.05, 4.69) is 26.4 Å². The van der Waals surface area contributed by atoms with Gasteiger partial charge in [0.2, 0.25) is 5.13 Å². The minimum Gasteiger partial charge on any atom is -0.359 e. The molecule has 1 saturated carbocycles. The Morgan fingerprint density at radius 1 is 1.33 bits per heavy atom. The lowest BCUT2D eigenvalue weighted by molar-refractivity contribution is 0.804. The summed E-state index contributed by atoms with van der Waals surface area (Å²) >= 11 is 3.60. The number of hydrogen-bond donors (Lipinski definition) is 1. The highest BCUT2D eigenvalue weighted by Crippen LogP contribution is 2.39. The number of nitrogens with one attached hydrogen (secondary N) is 1. The maximum atomic E-state index is 4.52. The van der Waals surface area contributed by atoms with E-state index in [4.69, 9.17) is 0 Å². The van der Waals surface area contributed by atoms with Gasteiger partial charge in [-0.2, -0.15) is 16.1 Å². The van der Waals surface area contributed by atoms with E-state index in [0.717, 1.165) is 22.8 Å². The SMILES string of the molecule is C1CSC(CNc2nc(C3CC3)ns2)C1. The molecule has 1 N–H and O–H groups in total. The van der Waals surface area contributed by atoms with Crippen molar-refractivity contribution in [2.24, 2.45) is 0 Å². The van der Waals surface area contributed by atoms with Crippen LogP contribution in [0.3, 0.4) is 0 Å². The second kappa shape index (κ2) is 4.29. The van der Waals surface area contributed by atoms with Crippen LogP contribution in [0.2, 0.25) is 0 Å². The van der Waals surface area contributed by atoms with Crippen molar-refractivity contribution in [2.75, 3.05) is 17.6 Å². The van der Waals surface area contributed by atoms with E-state index in [1.807, 2.05) is 0 Å². The number of hydrogen-bond acceptors (Lipinski definition) is 5. The van der Waals surface area contributed by atoms with Gasteiger partial charge in [-0.3, -0.25) is 0 Å². The zero-order valence-electron chi connectivity index (χ0n) is 8.61. The first-order valence-corrected chi connectivity index (χ1v) is 7.43. The Morgan fingerprint density at radius 2 is 2.27 bits per heavy atom. The molecule has 2 fully saturated rings. The van der Waals surface area contributed by atoms with E-state index in [1.54, 1.807) is 0 Å².